The Labute approximate surface area is 136 Å². The normalized spacial score (nSPS) is 21.4. The lowest BCUT2D eigenvalue weighted by atomic mass is 9.72. The Kier molecular flexibility index (Phi) is 3.53. The van der Waals surface area contributed by atoms with Gasteiger partial charge in [-0.1, -0.05) is 78.9 Å². The molecule has 0 saturated carbocycles. The maximum absolute atomic E-state index is 9.26. The van der Waals surface area contributed by atoms with Crippen LogP contribution in [-0.2, 0) is 0 Å². The largest absolute Gasteiger partial charge is 0.488 e. The number of rotatable bonds is 2. The molecule has 0 fully saturated rings. The predicted molar refractivity (Wildman–Crippen MR) is 94.3 cm³/mol. The molecule has 112 valence electrons. The van der Waals surface area contributed by atoms with E-state index in [4.69, 9.17) is 0 Å². The summed E-state index contributed by atoms with van der Waals surface area (Å²) < 4.78 is 0. The molecule has 2 aliphatic rings. The average molecular weight is 300 g/mol. The van der Waals surface area contributed by atoms with Gasteiger partial charge in [0.2, 0.25) is 0 Å². The molecule has 4 rings (SSSR count). The summed E-state index contributed by atoms with van der Waals surface area (Å²) in [6.07, 6.45) is 11.1. The standard InChI is InChI=1S/C20H17BO2/c22-21(23)16-11-9-14(10-12-16)20-13-15-5-1-2-6-17(15)18-7-3-4-8-19(18)20/h1-13,15,17,22-23H. The highest BCUT2D eigenvalue weighted by Crippen LogP contribution is 2.43. The molecular weight excluding hydrogens is 283 g/mol. The van der Waals surface area contributed by atoms with Gasteiger partial charge in [-0.2, -0.15) is 0 Å². The molecule has 23 heavy (non-hydrogen) atoms. The number of fused-ring (bicyclic) bond motifs is 3. The first kappa shape index (κ1) is 14.3. The lowest BCUT2D eigenvalue weighted by molar-refractivity contribution is 0.426. The van der Waals surface area contributed by atoms with Gasteiger partial charge in [-0.25, -0.2) is 0 Å². The molecule has 2 unspecified atom stereocenters. The molecule has 3 heteroatoms. The number of hydrogen-bond donors (Lipinski definition) is 2. The van der Waals surface area contributed by atoms with Gasteiger partial charge in [0, 0.05) is 11.8 Å². The average Bonchev–Trinajstić information content (AvgIpc) is 2.61. The molecule has 0 aliphatic heterocycles. The molecular formula is C20H17BO2. The van der Waals surface area contributed by atoms with Crippen LogP contribution in [0.15, 0.2) is 78.9 Å². The Balaban J connectivity index is 1.82. The second-order valence-electron chi connectivity index (χ2n) is 6.04. The van der Waals surface area contributed by atoms with Crippen LogP contribution in [0.1, 0.15) is 22.6 Å². The third-order valence-electron chi connectivity index (χ3n) is 4.67. The lowest BCUT2D eigenvalue weighted by Gasteiger charge is -2.31. The van der Waals surface area contributed by atoms with E-state index in [9.17, 15) is 10.0 Å². The molecule has 0 saturated heterocycles. The second kappa shape index (κ2) is 5.69. The first-order valence-corrected chi connectivity index (χ1v) is 7.86. The van der Waals surface area contributed by atoms with E-state index in [2.05, 4.69) is 54.6 Å². The minimum absolute atomic E-state index is 0.369. The van der Waals surface area contributed by atoms with Crippen LogP contribution in [0.4, 0.5) is 0 Å². The summed E-state index contributed by atoms with van der Waals surface area (Å²) in [5.41, 5.74) is 5.42. The van der Waals surface area contributed by atoms with Crippen LogP contribution in [0.2, 0.25) is 0 Å². The Bertz CT molecular complexity index is 816. The first-order chi connectivity index (χ1) is 11.2. The molecule has 0 aromatic heterocycles. The Morgan fingerprint density at radius 3 is 2.35 bits per heavy atom. The smallest absolute Gasteiger partial charge is 0.423 e. The second-order valence-corrected chi connectivity index (χ2v) is 6.04. The van der Waals surface area contributed by atoms with Gasteiger partial charge in [0.05, 0.1) is 0 Å². The summed E-state index contributed by atoms with van der Waals surface area (Å²) in [5, 5.41) is 18.5. The molecule has 0 bridgehead atoms. The van der Waals surface area contributed by atoms with Crippen LogP contribution in [0, 0.1) is 5.92 Å². The van der Waals surface area contributed by atoms with Gasteiger partial charge >= 0.3 is 7.12 Å². The van der Waals surface area contributed by atoms with Crippen LogP contribution in [0.5, 0.6) is 0 Å². The molecule has 0 radical (unpaired) electrons. The van der Waals surface area contributed by atoms with Gasteiger partial charge in [-0.05, 0) is 27.7 Å². The van der Waals surface area contributed by atoms with Gasteiger partial charge in [-0.3, -0.25) is 0 Å². The number of benzene rings is 2. The zero-order valence-electron chi connectivity index (χ0n) is 12.6. The van der Waals surface area contributed by atoms with Crippen molar-refractivity contribution in [1.29, 1.82) is 0 Å². The molecule has 2 aromatic rings. The Morgan fingerprint density at radius 1 is 0.826 bits per heavy atom. The van der Waals surface area contributed by atoms with Crippen molar-refractivity contribution in [3.63, 3.8) is 0 Å². The van der Waals surface area contributed by atoms with Crippen molar-refractivity contribution in [1.82, 2.24) is 0 Å². The van der Waals surface area contributed by atoms with Crippen LogP contribution in [-0.4, -0.2) is 17.2 Å². The maximum Gasteiger partial charge on any atom is 0.488 e. The summed E-state index contributed by atoms with van der Waals surface area (Å²) in [5.74, 6) is 0.770. The number of allylic oxidation sites excluding steroid dienone is 5. The zero-order chi connectivity index (χ0) is 15.8. The van der Waals surface area contributed by atoms with Gasteiger partial charge in [0.1, 0.15) is 0 Å². The molecule has 2 N–H and O–H groups in total. The predicted octanol–water partition coefficient (Wildman–Crippen LogP) is 2.64. The monoisotopic (exact) mass is 300 g/mol. The van der Waals surface area contributed by atoms with Crippen molar-refractivity contribution < 1.29 is 10.0 Å². The molecule has 2 aliphatic carbocycles. The fraction of sp³-hybridized carbons (Fsp3) is 0.100. The van der Waals surface area contributed by atoms with Crippen molar-refractivity contribution >= 4 is 18.2 Å². The van der Waals surface area contributed by atoms with Gasteiger partial charge in [-0.15, -0.1) is 0 Å². The summed E-state index contributed by atoms with van der Waals surface area (Å²) in [6, 6.07) is 16.0. The van der Waals surface area contributed by atoms with E-state index in [1.807, 2.05) is 12.1 Å². The van der Waals surface area contributed by atoms with E-state index in [1.165, 1.54) is 16.7 Å². The molecule has 0 heterocycles. The van der Waals surface area contributed by atoms with Crippen molar-refractivity contribution in [2.24, 2.45) is 5.92 Å². The van der Waals surface area contributed by atoms with Crippen molar-refractivity contribution in [2.45, 2.75) is 5.92 Å². The minimum Gasteiger partial charge on any atom is -0.423 e. The quantitative estimate of drug-likeness (QED) is 0.837. The third-order valence-corrected chi connectivity index (χ3v) is 4.67. The highest BCUT2D eigenvalue weighted by atomic mass is 16.4. The van der Waals surface area contributed by atoms with Crippen LogP contribution in [0.3, 0.4) is 0 Å². The molecule has 2 nitrogen and oxygen atoms in total. The Morgan fingerprint density at radius 2 is 1.57 bits per heavy atom. The summed E-state index contributed by atoms with van der Waals surface area (Å²) >= 11 is 0. The van der Waals surface area contributed by atoms with E-state index in [-0.39, 0.29) is 0 Å². The van der Waals surface area contributed by atoms with Gasteiger partial charge in [0.25, 0.3) is 0 Å². The van der Waals surface area contributed by atoms with Crippen LogP contribution in [0.25, 0.3) is 5.57 Å². The van der Waals surface area contributed by atoms with E-state index in [0.29, 0.717) is 17.3 Å². The maximum atomic E-state index is 9.26. The van der Waals surface area contributed by atoms with Crippen LogP contribution >= 0.6 is 0 Å². The fourth-order valence-corrected chi connectivity index (χ4v) is 3.50. The minimum atomic E-state index is -1.42. The van der Waals surface area contributed by atoms with Crippen LogP contribution < -0.4 is 5.46 Å². The summed E-state index contributed by atoms with van der Waals surface area (Å²) in [6.45, 7) is 0. The zero-order valence-corrected chi connectivity index (χ0v) is 12.6. The van der Waals surface area contributed by atoms with Crippen molar-refractivity contribution in [3.05, 3.63) is 95.6 Å². The van der Waals surface area contributed by atoms with Crippen molar-refractivity contribution in [3.8, 4) is 0 Å². The molecule has 0 amide bonds. The lowest BCUT2D eigenvalue weighted by Crippen LogP contribution is -2.29. The summed E-state index contributed by atoms with van der Waals surface area (Å²) in [4.78, 5) is 0. The van der Waals surface area contributed by atoms with Gasteiger partial charge < -0.3 is 10.0 Å². The molecule has 2 aromatic carbocycles. The Hall–Kier alpha value is -2.36. The third kappa shape index (κ3) is 2.48. The molecule has 2 atom stereocenters. The van der Waals surface area contributed by atoms with E-state index in [1.54, 1.807) is 12.1 Å². The molecule has 0 spiro atoms. The van der Waals surface area contributed by atoms with E-state index >= 15 is 0 Å². The van der Waals surface area contributed by atoms with E-state index in [0.717, 1.165) is 5.56 Å². The highest BCUT2D eigenvalue weighted by molar-refractivity contribution is 6.58. The topological polar surface area (TPSA) is 40.5 Å². The highest BCUT2D eigenvalue weighted by Gasteiger charge is 2.27. The first-order valence-electron chi connectivity index (χ1n) is 7.86. The van der Waals surface area contributed by atoms with Crippen molar-refractivity contribution in [2.75, 3.05) is 0 Å². The SMILES string of the molecule is OB(O)c1ccc(C2=CC3C=CC=CC3c3ccccc32)cc1. The van der Waals surface area contributed by atoms with Gasteiger partial charge in [0.15, 0.2) is 0 Å². The fourth-order valence-electron chi connectivity index (χ4n) is 3.50. The summed E-state index contributed by atoms with van der Waals surface area (Å²) in [7, 11) is -1.42. The number of hydrogen-bond acceptors (Lipinski definition) is 2. The van der Waals surface area contributed by atoms with E-state index < -0.39 is 7.12 Å².